The lowest BCUT2D eigenvalue weighted by Crippen LogP contribution is -2.03. The predicted molar refractivity (Wildman–Crippen MR) is 92.2 cm³/mol. The normalized spacial score (nSPS) is 14.2. The second kappa shape index (κ2) is 15.1. The zero-order valence-corrected chi connectivity index (χ0v) is 15.5. The van der Waals surface area contributed by atoms with Crippen molar-refractivity contribution in [1.29, 1.82) is 0 Å². The summed E-state index contributed by atoms with van der Waals surface area (Å²) >= 11 is 0. The Morgan fingerprint density at radius 3 is 1.62 bits per heavy atom. The third-order valence-electron chi connectivity index (χ3n) is 3.61. The molecule has 0 N–H and O–H groups in total. The van der Waals surface area contributed by atoms with Gasteiger partial charge in [0.25, 0.3) is 0 Å². The van der Waals surface area contributed by atoms with Crippen molar-refractivity contribution in [2.75, 3.05) is 19.4 Å². The molecule has 128 valence electrons. The SMILES string of the molecule is CCCCCCCCOP(=O)(CCCC)OCCCCC. The van der Waals surface area contributed by atoms with Crippen molar-refractivity contribution in [1.82, 2.24) is 0 Å². The van der Waals surface area contributed by atoms with Crippen molar-refractivity contribution in [2.24, 2.45) is 0 Å². The summed E-state index contributed by atoms with van der Waals surface area (Å²) in [5, 5.41) is 0. The summed E-state index contributed by atoms with van der Waals surface area (Å²) in [6, 6.07) is 0. The Balaban J connectivity index is 3.85. The summed E-state index contributed by atoms with van der Waals surface area (Å²) in [5.74, 6) is 0. The molecule has 0 amide bonds. The third-order valence-corrected chi connectivity index (χ3v) is 5.62. The fourth-order valence-electron chi connectivity index (χ4n) is 2.16. The van der Waals surface area contributed by atoms with E-state index in [0.29, 0.717) is 19.4 Å². The first-order chi connectivity index (χ1) is 10.2. The van der Waals surface area contributed by atoms with Crippen LogP contribution in [0.3, 0.4) is 0 Å². The van der Waals surface area contributed by atoms with Gasteiger partial charge in [-0.3, -0.25) is 4.57 Å². The molecular formula is C17H37O3P. The maximum absolute atomic E-state index is 12.6. The van der Waals surface area contributed by atoms with Crippen LogP contribution < -0.4 is 0 Å². The molecule has 0 aromatic heterocycles. The highest BCUT2D eigenvalue weighted by molar-refractivity contribution is 7.53. The highest BCUT2D eigenvalue weighted by Gasteiger charge is 2.23. The molecule has 0 aromatic carbocycles. The minimum atomic E-state index is -2.84. The average molecular weight is 320 g/mol. The van der Waals surface area contributed by atoms with Gasteiger partial charge in [0.2, 0.25) is 0 Å². The van der Waals surface area contributed by atoms with E-state index >= 15 is 0 Å². The minimum Gasteiger partial charge on any atom is -0.309 e. The van der Waals surface area contributed by atoms with Gasteiger partial charge in [-0.25, -0.2) is 0 Å². The van der Waals surface area contributed by atoms with Crippen LogP contribution in [-0.2, 0) is 13.6 Å². The first kappa shape index (κ1) is 21.1. The summed E-state index contributed by atoms with van der Waals surface area (Å²) in [7, 11) is -2.84. The molecule has 0 aliphatic heterocycles. The van der Waals surface area contributed by atoms with Crippen LogP contribution in [0.1, 0.15) is 91.4 Å². The zero-order chi connectivity index (χ0) is 15.8. The lowest BCUT2D eigenvalue weighted by Gasteiger charge is -2.18. The molecule has 1 unspecified atom stereocenters. The second-order valence-electron chi connectivity index (χ2n) is 5.83. The van der Waals surface area contributed by atoms with Gasteiger partial charge in [0.05, 0.1) is 19.4 Å². The first-order valence-electron chi connectivity index (χ1n) is 9.06. The van der Waals surface area contributed by atoms with Crippen molar-refractivity contribution in [3.63, 3.8) is 0 Å². The summed E-state index contributed by atoms with van der Waals surface area (Å²) in [6.07, 6.45) is 13.1. The van der Waals surface area contributed by atoms with Gasteiger partial charge < -0.3 is 9.05 Å². The molecule has 0 rings (SSSR count). The summed E-state index contributed by atoms with van der Waals surface area (Å²) in [5.41, 5.74) is 0. The van der Waals surface area contributed by atoms with Crippen molar-refractivity contribution < 1.29 is 13.6 Å². The van der Waals surface area contributed by atoms with Crippen LogP contribution in [0.5, 0.6) is 0 Å². The molecule has 0 fully saturated rings. The van der Waals surface area contributed by atoms with E-state index in [1.54, 1.807) is 0 Å². The van der Waals surface area contributed by atoms with Gasteiger partial charge in [0, 0.05) is 0 Å². The number of hydrogen-bond donors (Lipinski definition) is 0. The third kappa shape index (κ3) is 13.5. The molecule has 0 aliphatic carbocycles. The van der Waals surface area contributed by atoms with Crippen LogP contribution in [0.2, 0.25) is 0 Å². The molecule has 1 atom stereocenters. The van der Waals surface area contributed by atoms with E-state index < -0.39 is 7.60 Å². The molecule has 0 aromatic rings. The Morgan fingerprint density at radius 1 is 0.619 bits per heavy atom. The van der Waals surface area contributed by atoms with Gasteiger partial charge in [0.15, 0.2) is 0 Å². The summed E-state index contributed by atoms with van der Waals surface area (Å²) in [4.78, 5) is 0. The van der Waals surface area contributed by atoms with Crippen LogP contribution in [0.4, 0.5) is 0 Å². The smallest absolute Gasteiger partial charge is 0.309 e. The number of rotatable bonds is 16. The Hall–Kier alpha value is 0.150. The molecule has 0 heterocycles. The molecule has 4 heteroatoms. The van der Waals surface area contributed by atoms with Crippen molar-refractivity contribution in [3.05, 3.63) is 0 Å². The number of unbranched alkanes of at least 4 members (excludes halogenated alkanes) is 8. The zero-order valence-electron chi connectivity index (χ0n) is 14.6. The lowest BCUT2D eigenvalue weighted by atomic mass is 10.1. The van der Waals surface area contributed by atoms with Gasteiger partial charge in [-0.05, 0) is 19.3 Å². The largest absolute Gasteiger partial charge is 0.330 e. The molecular weight excluding hydrogens is 283 g/mol. The van der Waals surface area contributed by atoms with Crippen LogP contribution >= 0.6 is 7.60 Å². The maximum atomic E-state index is 12.6. The van der Waals surface area contributed by atoms with E-state index in [1.807, 2.05) is 0 Å². The van der Waals surface area contributed by atoms with E-state index in [4.69, 9.17) is 9.05 Å². The minimum absolute atomic E-state index is 0.575. The molecule has 0 aliphatic rings. The summed E-state index contributed by atoms with van der Waals surface area (Å²) in [6.45, 7) is 7.65. The first-order valence-corrected chi connectivity index (χ1v) is 10.8. The average Bonchev–Trinajstić information content (AvgIpc) is 2.49. The van der Waals surface area contributed by atoms with E-state index in [0.717, 1.165) is 38.5 Å². The summed E-state index contributed by atoms with van der Waals surface area (Å²) < 4.78 is 23.9. The van der Waals surface area contributed by atoms with Crippen LogP contribution in [0.25, 0.3) is 0 Å². The Kier molecular flexibility index (Phi) is 15.2. The van der Waals surface area contributed by atoms with E-state index in [9.17, 15) is 4.57 Å². The molecule has 0 bridgehead atoms. The van der Waals surface area contributed by atoms with Gasteiger partial charge in [-0.2, -0.15) is 0 Å². The highest BCUT2D eigenvalue weighted by Crippen LogP contribution is 2.49. The highest BCUT2D eigenvalue weighted by atomic mass is 31.2. The molecule has 0 saturated carbocycles. The lowest BCUT2D eigenvalue weighted by molar-refractivity contribution is 0.197. The monoisotopic (exact) mass is 320 g/mol. The maximum Gasteiger partial charge on any atom is 0.330 e. The van der Waals surface area contributed by atoms with Crippen molar-refractivity contribution in [2.45, 2.75) is 91.4 Å². The van der Waals surface area contributed by atoms with E-state index in [-0.39, 0.29) is 0 Å². The quantitative estimate of drug-likeness (QED) is 0.238. The Bertz CT molecular complexity index is 256. The van der Waals surface area contributed by atoms with E-state index in [1.165, 1.54) is 32.1 Å². The van der Waals surface area contributed by atoms with Gasteiger partial charge in [0.1, 0.15) is 0 Å². The van der Waals surface area contributed by atoms with E-state index in [2.05, 4.69) is 20.8 Å². The topological polar surface area (TPSA) is 35.5 Å². The van der Waals surface area contributed by atoms with Crippen LogP contribution in [-0.4, -0.2) is 19.4 Å². The van der Waals surface area contributed by atoms with Gasteiger partial charge >= 0.3 is 7.60 Å². The second-order valence-corrected chi connectivity index (χ2v) is 8.01. The Labute approximate surface area is 132 Å². The molecule has 21 heavy (non-hydrogen) atoms. The predicted octanol–water partition coefficient (Wildman–Crippen LogP) is 6.56. The van der Waals surface area contributed by atoms with Crippen LogP contribution in [0.15, 0.2) is 0 Å². The van der Waals surface area contributed by atoms with Crippen molar-refractivity contribution >= 4 is 7.60 Å². The Morgan fingerprint density at radius 2 is 1.05 bits per heavy atom. The fraction of sp³-hybridized carbons (Fsp3) is 1.00. The van der Waals surface area contributed by atoms with Gasteiger partial charge in [-0.1, -0.05) is 72.1 Å². The van der Waals surface area contributed by atoms with Gasteiger partial charge in [-0.15, -0.1) is 0 Å². The van der Waals surface area contributed by atoms with Crippen LogP contribution in [0, 0.1) is 0 Å². The fourth-order valence-corrected chi connectivity index (χ4v) is 4.01. The molecule has 3 nitrogen and oxygen atoms in total. The molecule has 0 spiro atoms. The molecule has 0 radical (unpaired) electrons. The molecule has 0 saturated heterocycles. The number of hydrogen-bond acceptors (Lipinski definition) is 3. The van der Waals surface area contributed by atoms with Crippen molar-refractivity contribution in [3.8, 4) is 0 Å². The standard InChI is InChI=1S/C17H37O3P/c1-4-7-10-11-12-14-16-20-21(18,17-9-6-3)19-15-13-8-5-2/h4-17H2,1-3H3.